The highest BCUT2D eigenvalue weighted by Crippen LogP contribution is 2.23. The number of ether oxygens (including phenoxy) is 1. The number of carbonyl (C=O) groups excluding carboxylic acids is 2. The molecular weight excluding hydrogens is 360 g/mol. The lowest BCUT2D eigenvalue weighted by atomic mass is 10.0. The third-order valence-electron chi connectivity index (χ3n) is 4.09. The molecule has 0 saturated heterocycles. The Bertz CT molecular complexity index is 816. The van der Waals surface area contributed by atoms with Crippen molar-refractivity contribution < 1.29 is 24.2 Å². The summed E-state index contributed by atoms with van der Waals surface area (Å²) in [6, 6.07) is 13.3. The largest absolute Gasteiger partial charge is 0.494 e. The third kappa shape index (κ3) is 6.12. The maximum absolute atomic E-state index is 12.3. The summed E-state index contributed by atoms with van der Waals surface area (Å²) in [6.07, 6.45) is 0.769. The minimum absolute atomic E-state index is 0.0546. The first kappa shape index (κ1) is 21.0. The molecule has 0 spiro atoms. The molecule has 0 heterocycles. The highest BCUT2D eigenvalue weighted by molar-refractivity contribution is 5.97. The van der Waals surface area contributed by atoms with Gasteiger partial charge in [0.2, 0.25) is 5.91 Å². The number of nitrogens with one attached hydrogen (secondary N) is 1. The Balaban J connectivity index is 2.03. The minimum atomic E-state index is -1.21. The van der Waals surface area contributed by atoms with Gasteiger partial charge in [0, 0.05) is 12.0 Å². The number of carboxylic acids is 1. The molecule has 2 amide bonds. The van der Waals surface area contributed by atoms with Gasteiger partial charge in [-0.3, -0.25) is 9.59 Å². The summed E-state index contributed by atoms with van der Waals surface area (Å²) in [5, 5.41) is 11.6. The summed E-state index contributed by atoms with van der Waals surface area (Å²) in [6.45, 7) is 2.71. The van der Waals surface area contributed by atoms with Crippen LogP contribution in [0.2, 0.25) is 0 Å². The van der Waals surface area contributed by atoms with Crippen molar-refractivity contribution in [3.05, 3.63) is 54.1 Å². The maximum Gasteiger partial charge on any atom is 0.326 e. The van der Waals surface area contributed by atoms with E-state index in [4.69, 9.17) is 10.5 Å². The van der Waals surface area contributed by atoms with Gasteiger partial charge in [-0.1, -0.05) is 31.2 Å². The first-order valence-electron chi connectivity index (χ1n) is 9.06. The number of rotatable bonds is 10. The fourth-order valence-electron chi connectivity index (χ4n) is 2.56. The van der Waals surface area contributed by atoms with Crippen LogP contribution in [0.1, 0.15) is 36.5 Å². The van der Waals surface area contributed by atoms with Crippen molar-refractivity contribution in [3.8, 4) is 16.9 Å². The molecule has 0 radical (unpaired) electrons. The van der Waals surface area contributed by atoms with Gasteiger partial charge < -0.3 is 20.9 Å². The van der Waals surface area contributed by atoms with Crippen molar-refractivity contribution in [2.45, 2.75) is 32.2 Å². The monoisotopic (exact) mass is 384 g/mol. The molecule has 0 fully saturated rings. The molecule has 0 aliphatic carbocycles. The Morgan fingerprint density at radius 1 is 1.04 bits per heavy atom. The molecule has 148 valence electrons. The van der Waals surface area contributed by atoms with E-state index in [0.717, 1.165) is 23.3 Å². The second-order valence-corrected chi connectivity index (χ2v) is 6.32. The number of carbonyl (C=O) groups is 3. The number of carboxylic acid groups (broad SMARTS) is 1. The number of primary amides is 1. The maximum atomic E-state index is 12.3. The topological polar surface area (TPSA) is 119 Å². The minimum Gasteiger partial charge on any atom is -0.494 e. The number of hydrogen-bond donors (Lipinski definition) is 3. The molecule has 7 heteroatoms. The van der Waals surface area contributed by atoms with Gasteiger partial charge in [0.25, 0.3) is 5.91 Å². The van der Waals surface area contributed by atoms with Crippen LogP contribution >= 0.6 is 0 Å². The zero-order chi connectivity index (χ0) is 20.5. The molecular formula is C21H24N2O5. The Morgan fingerprint density at radius 2 is 1.61 bits per heavy atom. The summed E-state index contributed by atoms with van der Waals surface area (Å²) >= 11 is 0. The van der Waals surface area contributed by atoms with Crippen molar-refractivity contribution in [2.24, 2.45) is 5.73 Å². The van der Waals surface area contributed by atoms with Gasteiger partial charge >= 0.3 is 5.97 Å². The number of aliphatic carboxylic acids is 1. The molecule has 4 N–H and O–H groups in total. The molecule has 2 rings (SSSR count). The van der Waals surface area contributed by atoms with Crippen molar-refractivity contribution in [3.63, 3.8) is 0 Å². The summed E-state index contributed by atoms with van der Waals surface area (Å²) in [5.41, 5.74) is 7.26. The quantitative estimate of drug-likeness (QED) is 0.582. The van der Waals surface area contributed by atoms with Gasteiger partial charge in [-0.2, -0.15) is 0 Å². The zero-order valence-corrected chi connectivity index (χ0v) is 15.7. The summed E-state index contributed by atoms with van der Waals surface area (Å²) in [5.74, 6) is -1.54. The highest BCUT2D eigenvalue weighted by atomic mass is 16.5. The van der Waals surface area contributed by atoms with Gasteiger partial charge in [-0.05, 0) is 48.2 Å². The molecule has 7 nitrogen and oxygen atoms in total. The fourth-order valence-corrected chi connectivity index (χ4v) is 2.56. The van der Waals surface area contributed by atoms with Crippen molar-refractivity contribution in [2.75, 3.05) is 6.61 Å². The standard InChI is InChI=1S/C21H24N2O5/c1-2-13-28-17-9-7-15(8-10-17)14-3-5-16(6-4-14)20(25)23-18(21(26)27)11-12-19(22)24/h3-10,18H,2,11-13H2,1H3,(H2,22,24)(H,23,25)(H,26,27)/t18-/m0/s1. The molecule has 28 heavy (non-hydrogen) atoms. The second kappa shape index (κ2) is 10.1. The van der Waals surface area contributed by atoms with Crippen LogP contribution in [0, 0.1) is 0 Å². The second-order valence-electron chi connectivity index (χ2n) is 6.32. The molecule has 2 aromatic carbocycles. The zero-order valence-electron chi connectivity index (χ0n) is 15.7. The molecule has 1 atom stereocenters. The van der Waals surface area contributed by atoms with Crippen LogP contribution in [0.5, 0.6) is 5.75 Å². The first-order chi connectivity index (χ1) is 13.4. The Labute approximate surface area is 163 Å². The van der Waals surface area contributed by atoms with Crippen LogP contribution in [0.3, 0.4) is 0 Å². The molecule has 0 aliphatic rings. The van der Waals surface area contributed by atoms with Crippen LogP contribution < -0.4 is 15.8 Å². The normalized spacial score (nSPS) is 11.5. The van der Waals surface area contributed by atoms with Gasteiger partial charge in [0.1, 0.15) is 11.8 Å². The van der Waals surface area contributed by atoms with Crippen molar-refractivity contribution in [1.82, 2.24) is 5.32 Å². The van der Waals surface area contributed by atoms with Crippen molar-refractivity contribution >= 4 is 17.8 Å². The molecule has 0 aliphatic heterocycles. The van der Waals surface area contributed by atoms with Gasteiger partial charge in [-0.25, -0.2) is 4.79 Å². The van der Waals surface area contributed by atoms with Gasteiger partial charge in [-0.15, -0.1) is 0 Å². The van der Waals surface area contributed by atoms with Crippen LogP contribution in [0.4, 0.5) is 0 Å². The smallest absolute Gasteiger partial charge is 0.326 e. The van der Waals surface area contributed by atoms with Gasteiger partial charge in [0.15, 0.2) is 0 Å². The lowest BCUT2D eigenvalue weighted by Crippen LogP contribution is -2.41. The number of benzene rings is 2. The van der Waals surface area contributed by atoms with E-state index in [1.54, 1.807) is 24.3 Å². The lowest BCUT2D eigenvalue weighted by molar-refractivity contribution is -0.139. The SMILES string of the molecule is CCCOc1ccc(-c2ccc(C(=O)N[C@@H](CCC(N)=O)C(=O)O)cc2)cc1. The molecule has 0 aromatic heterocycles. The average Bonchev–Trinajstić information content (AvgIpc) is 2.69. The predicted molar refractivity (Wildman–Crippen MR) is 105 cm³/mol. The van der Waals surface area contributed by atoms with E-state index in [2.05, 4.69) is 5.32 Å². The van der Waals surface area contributed by atoms with Gasteiger partial charge in [0.05, 0.1) is 6.61 Å². The van der Waals surface area contributed by atoms with E-state index in [9.17, 15) is 19.5 Å². The van der Waals surface area contributed by atoms with Crippen LogP contribution in [-0.4, -0.2) is 35.5 Å². The average molecular weight is 384 g/mol. The van der Waals surface area contributed by atoms with E-state index >= 15 is 0 Å². The number of amides is 2. The fraction of sp³-hybridized carbons (Fsp3) is 0.286. The third-order valence-corrected chi connectivity index (χ3v) is 4.09. The van der Waals surface area contributed by atoms with E-state index in [0.29, 0.717) is 12.2 Å². The summed E-state index contributed by atoms with van der Waals surface area (Å²) < 4.78 is 5.56. The van der Waals surface area contributed by atoms with E-state index < -0.39 is 23.8 Å². The molecule has 0 unspecified atom stereocenters. The first-order valence-corrected chi connectivity index (χ1v) is 9.06. The molecule has 0 bridgehead atoms. The van der Waals surface area contributed by atoms with Crippen LogP contribution in [-0.2, 0) is 9.59 Å². The van der Waals surface area contributed by atoms with Crippen molar-refractivity contribution in [1.29, 1.82) is 0 Å². The van der Waals surface area contributed by atoms with E-state index in [1.807, 2.05) is 31.2 Å². The van der Waals surface area contributed by atoms with Crippen LogP contribution in [0.25, 0.3) is 11.1 Å². The summed E-state index contributed by atoms with van der Waals surface area (Å²) in [7, 11) is 0. The predicted octanol–water partition coefficient (Wildman–Crippen LogP) is 2.59. The number of hydrogen-bond acceptors (Lipinski definition) is 4. The number of nitrogens with two attached hydrogens (primary N) is 1. The van der Waals surface area contributed by atoms with Crippen LogP contribution in [0.15, 0.2) is 48.5 Å². The summed E-state index contributed by atoms with van der Waals surface area (Å²) in [4.78, 5) is 34.4. The molecule has 2 aromatic rings. The Morgan fingerprint density at radius 3 is 2.11 bits per heavy atom. The lowest BCUT2D eigenvalue weighted by Gasteiger charge is -2.14. The Kier molecular flexibility index (Phi) is 7.56. The van der Waals surface area contributed by atoms with E-state index in [-0.39, 0.29) is 12.8 Å². The molecule has 0 saturated carbocycles. The van der Waals surface area contributed by atoms with E-state index in [1.165, 1.54) is 0 Å². The Hall–Kier alpha value is -3.35. The highest BCUT2D eigenvalue weighted by Gasteiger charge is 2.21.